The molecule has 0 heterocycles. The molecule has 0 aliphatic rings. The number of carbonyl (C=O) groups excluding carboxylic acids is 1. The van der Waals surface area contributed by atoms with Crippen molar-refractivity contribution in [3.8, 4) is 0 Å². The number of rotatable bonds is 9. The molecule has 96 valence electrons. The zero-order valence-electron chi connectivity index (χ0n) is 10.8. The second kappa shape index (κ2) is 8.81. The first-order chi connectivity index (χ1) is 7.58. The van der Waals surface area contributed by atoms with Gasteiger partial charge in [0.15, 0.2) is 0 Å². The van der Waals surface area contributed by atoms with E-state index in [1.165, 1.54) is 0 Å². The Hall–Kier alpha value is -0.300. The van der Waals surface area contributed by atoms with Crippen LogP contribution in [0.1, 0.15) is 46.5 Å². The molecule has 0 rings (SSSR count). The van der Waals surface area contributed by atoms with Gasteiger partial charge in [-0.1, -0.05) is 13.8 Å². The Morgan fingerprint density at radius 1 is 1.06 bits per heavy atom. The van der Waals surface area contributed by atoms with E-state index in [9.17, 15) is 9.36 Å². The maximum Gasteiger partial charge on any atom is 0.305 e. The summed E-state index contributed by atoms with van der Waals surface area (Å²) >= 11 is 0. The predicted octanol–water partition coefficient (Wildman–Crippen LogP) is 3.51. The van der Waals surface area contributed by atoms with E-state index < -0.39 is 7.14 Å². The standard InChI is InChI=1S/C12H25O3P/c1-4-9-16(14,10-5-2)11-7-8-12(13)15-6-3/h4-11H2,1-3H3. The highest BCUT2D eigenvalue weighted by Gasteiger charge is 2.19. The van der Waals surface area contributed by atoms with E-state index in [0.717, 1.165) is 25.2 Å². The van der Waals surface area contributed by atoms with Crippen molar-refractivity contribution in [3.05, 3.63) is 0 Å². The molecule has 3 nitrogen and oxygen atoms in total. The summed E-state index contributed by atoms with van der Waals surface area (Å²) in [4.78, 5) is 11.1. The molecule has 0 aromatic carbocycles. The van der Waals surface area contributed by atoms with Crippen molar-refractivity contribution in [2.75, 3.05) is 25.1 Å². The minimum Gasteiger partial charge on any atom is -0.466 e. The third-order valence-corrected chi connectivity index (χ3v) is 6.17. The maximum absolute atomic E-state index is 12.4. The molecule has 0 atom stereocenters. The normalized spacial score (nSPS) is 11.4. The van der Waals surface area contributed by atoms with Crippen LogP contribution in [0.5, 0.6) is 0 Å². The number of ether oxygens (including phenoxy) is 1. The molecule has 0 fully saturated rings. The van der Waals surface area contributed by atoms with Crippen LogP contribution in [0.2, 0.25) is 0 Å². The largest absolute Gasteiger partial charge is 0.466 e. The maximum atomic E-state index is 12.4. The van der Waals surface area contributed by atoms with Crippen molar-refractivity contribution < 1.29 is 14.1 Å². The zero-order chi connectivity index (χ0) is 12.4. The van der Waals surface area contributed by atoms with Gasteiger partial charge in [-0.05, 0) is 26.2 Å². The van der Waals surface area contributed by atoms with Gasteiger partial charge in [-0.3, -0.25) is 4.79 Å². The first-order valence-electron chi connectivity index (χ1n) is 6.30. The molecule has 0 bridgehead atoms. The van der Waals surface area contributed by atoms with Crippen molar-refractivity contribution in [1.29, 1.82) is 0 Å². The van der Waals surface area contributed by atoms with Gasteiger partial charge in [0.1, 0.15) is 0 Å². The van der Waals surface area contributed by atoms with Crippen LogP contribution in [0.3, 0.4) is 0 Å². The highest BCUT2D eigenvalue weighted by Crippen LogP contribution is 2.47. The average Bonchev–Trinajstić information content (AvgIpc) is 2.18. The molecule has 0 aromatic heterocycles. The Morgan fingerprint density at radius 2 is 1.62 bits per heavy atom. The Balaban J connectivity index is 3.93. The van der Waals surface area contributed by atoms with E-state index in [1.807, 2.05) is 0 Å². The summed E-state index contributed by atoms with van der Waals surface area (Å²) in [5.41, 5.74) is 0. The Bertz CT molecular complexity index is 228. The van der Waals surface area contributed by atoms with E-state index >= 15 is 0 Å². The summed E-state index contributed by atoms with van der Waals surface area (Å²) in [6.45, 7) is 6.36. The van der Waals surface area contributed by atoms with Crippen molar-refractivity contribution >= 4 is 13.1 Å². The molecule has 0 saturated heterocycles. The smallest absolute Gasteiger partial charge is 0.305 e. The summed E-state index contributed by atoms with van der Waals surface area (Å²) < 4.78 is 17.2. The molecule has 0 aliphatic heterocycles. The predicted molar refractivity (Wildman–Crippen MR) is 68.7 cm³/mol. The lowest BCUT2D eigenvalue weighted by Crippen LogP contribution is -2.06. The molecule has 0 aliphatic carbocycles. The molecule has 0 unspecified atom stereocenters. The van der Waals surface area contributed by atoms with Crippen molar-refractivity contribution in [3.63, 3.8) is 0 Å². The highest BCUT2D eigenvalue weighted by molar-refractivity contribution is 7.63. The minimum absolute atomic E-state index is 0.165. The van der Waals surface area contributed by atoms with Crippen LogP contribution < -0.4 is 0 Å². The van der Waals surface area contributed by atoms with Gasteiger partial charge in [0.2, 0.25) is 0 Å². The molecular weight excluding hydrogens is 223 g/mol. The molecule has 0 radical (unpaired) electrons. The van der Waals surface area contributed by atoms with Crippen LogP contribution in [0.4, 0.5) is 0 Å². The lowest BCUT2D eigenvalue weighted by atomic mass is 10.3. The molecule has 0 amide bonds. The number of hydrogen-bond donors (Lipinski definition) is 0. The van der Waals surface area contributed by atoms with Gasteiger partial charge in [0.25, 0.3) is 0 Å². The van der Waals surface area contributed by atoms with Crippen LogP contribution >= 0.6 is 7.14 Å². The third kappa shape index (κ3) is 7.05. The second-order valence-electron chi connectivity index (χ2n) is 4.14. The van der Waals surface area contributed by atoms with Gasteiger partial charge >= 0.3 is 5.97 Å². The SMILES string of the molecule is CCCP(=O)(CCC)CCCC(=O)OCC. The lowest BCUT2D eigenvalue weighted by molar-refractivity contribution is -0.143. The fourth-order valence-electron chi connectivity index (χ4n) is 1.90. The third-order valence-electron chi connectivity index (χ3n) is 2.51. The molecule has 0 spiro atoms. The van der Waals surface area contributed by atoms with Crippen molar-refractivity contribution in [2.24, 2.45) is 0 Å². The number of esters is 1. The van der Waals surface area contributed by atoms with Crippen LogP contribution in [0.25, 0.3) is 0 Å². The summed E-state index contributed by atoms with van der Waals surface area (Å²) in [6, 6.07) is 0. The quantitative estimate of drug-likeness (QED) is 0.463. The van der Waals surface area contributed by atoms with Crippen molar-refractivity contribution in [1.82, 2.24) is 0 Å². The summed E-state index contributed by atoms with van der Waals surface area (Å²) in [6.07, 6.45) is 5.40. The zero-order valence-corrected chi connectivity index (χ0v) is 11.7. The second-order valence-corrected chi connectivity index (χ2v) is 7.60. The number of hydrogen-bond acceptors (Lipinski definition) is 3. The first-order valence-corrected chi connectivity index (χ1v) is 8.57. The number of carbonyl (C=O) groups is 1. The Labute approximate surface area is 99.3 Å². The van der Waals surface area contributed by atoms with E-state index in [1.54, 1.807) is 6.92 Å². The van der Waals surface area contributed by atoms with Gasteiger partial charge in [-0.15, -0.1) is 0 Å². The fraction of sp³-hybridized carbons (Fsp3) is 0.917. The molecule has 0 N–H and O–H groups in total. The Kier molecular flexibility index (Phi) is 8.64. The van der Waals surface area contributed by atoms with Gasteiger partial charge in [0.05, 0.1) is 13.7 Å². The van der Waals surface area contributed by atoms with E-state index in [4.69, 9.17) is 4.74 Å². The minimum atomic E-state index is -2.00. The summed E-state index contributed by atoms with van der Waals surface area (Å²) in [5.74, 6) is -0.165. The summed E-state index contributed by atoms with van der Waals surface area (Å²) in [7, 11) is -2.00. The van der Waals surface area contributed by atoms with E-state index in [0.29, 0.717) is 25.6 Å². The Morgan fingerprint density at radius 3 is 2.06 bits per heavy atom. The fourth-order valence-corrected chi connectivity index (χ4v) is 4.93. The first kappa shape index (κ1) is 15.7. The van der Waals surface area contributed by atoms with Crippen LogP contribution in [0.15, 0.2) is 0 Å². The van der Waals surface area contributed by atoms with Crippen LogP contribution in [0, 0.1) is 0 Å². The van der Waals surface area contributed by atoms with Crippen LogP contribution in [-0.2, 0) is 14.1 Å². The van der Waals surface area contributed by atoms with Gasteiger partial charge < -0.3 is 9.30 Å². The molecule has 0 saturated carbocycles. The van der Waals surface area contributed by atoms with E-state index in [-0.39, 0.29) is 5.97 Å². The molecule has 16 heavy (non-hydrogen) atoms. The summed E-state index contributed by atoms with van der Waals surface area (Å²) in [5, 5.41) is 0. The highest BCUT2D eigenvalue weighted by atomic mass is 31.2. The van der Waals surface area contributed by atoms with Crippen molar-refractivity contribution in [2.45, 2.75) is 46.5 Å². The average molecular weight is 248 g/mol. The van der Waals surface area contributed by atoms with Gasteiger partial charge in [-0.25, -0.2) is 0 Å². The molecular formula is C12H25O3P. The van der Waals surface area contributed by atoms with Gasteiger partial charge in [0, 0.05) is 24.9 Å². The molecule has 0 aromatic rings. The van der Waals surface area contributed by atoms with Crippen LogP contribution in [-0.4, -0.2) is 31.1 Å². The van der Waals surface area contributed by atoms with Gasteiger partial charge in [-0.2, -0.15) is 0 Å². The van der Waals surface area contributed by atoms with E-state index in [2.05, 4.69) is 13.8 Å². The monoisotopic (exact) mass is 248 g/mol. The molecule has 4 heteroatoms. The topological polar surface area (TPSA) is 43.4 Å². The lowest BCUT2D eigenvalue weighted by Gasteiger charge is -2.16.